The third-order valence-corrected chi connectivity index (χ3v) is 4.14. The standard InChI is InChI=1S/C15H17NO2S/c1-4-12-6-8-14(19-12)15(17)16-13-7-5-11(18-3)9-10(13)2/h5-9H,4H2,1-3H3,(H,16,17). The van der Waals surface area contributed by atoms with Gasteiger partial charge in [0.1, 0.15) is 5.75 Å². The summed E-state index contributed by atoms with van der Waals surface area (Å²) in [5.41, 5.74) is 1.80. The summed E-state index contributed by atoms with van der Waals surface area (Å²) in [7, 11) is 1.63. The Morgan fingerprint density at radius 1 is 1.32 bits per heavy atom. The van der Waals surface area contributed by atoms with Crippen LogP contribution in [0.25, 0.3) is 0 Å². The Balaban J connectivity index is 2.14. The first-order chi connectivity index (χ1) is 9.13. The molecule has 100 valence electrons. The topological polar surface area (TPSA) is 38.3 Å². The van der Waals surface area contributed by atoms with Gasteiger partial charge < -0.3 is 10.1 Å². The Morgan fingerprint density at radius 3 is 2.68 bits per heavy atom. The minimum Gasteiger partial charge on any atom is -0.497 e. The molecule has 0 fully saturated rings. The third kappa shape index (κ3) is 3.15. The quantitative estimate of drug-likeness (QED) is 0.919. The fourth-order valence-corrected chi connectivity index (χ4v) is 2.62. The lowest BCUT2D eigenvalue weighted by Gasteiger charge is -2.09. The molecule has 1 amide bonds. The van der Waals surface area contributed by atoms with Crippen LogP contribution in [0.2, 0.25) is 0 Å². The molecule has 0 atom stereocenters. The number of carbonyl (C=O) groups excluding carboxylic acids is 1. The highest BCUT2D eigenvalue weighted by molar-refractivity contribution is 7.14. The van der Waals surface area contributed by atoms with Gasteiger partial charge in [0.15, 0.2) is 0 Å². The summed E-state index contributed by atoms with van der Waals surface area (Å²) in [6.07, 6.45) is 0.958. The molecular weight excluding hydrogens is 258 g/mol. The predicted molar refractivity (Wildman–Crippen MR) is 79.4 cm³/mol. The number of ether oxygens (including phenoxy) is 1. The van der Waals surface area contributed by atoms with Gasteiger partial charge in [0.05, 0.1) is 12.0 Å². The maximum Gasteiger partial charge on any atom is 0.265 e. The van der Waals surface area contributed by atoms with Crippen LogP contribution < -0.4 is 10.1 Å². The molecule has 2 aromatic rings. The number of amides is 1. The van der Waals surface area contributed by atoms with Gasteiger partial charge >= 0.3 is 0 Å². The second-order valence-electron chi connectivity index (χ2n) is 4.25. The lowest BCUT2D eigenvalue weighted by Crippen LogP contribution is -2.11. The second-order valence-corrected chi connectivity index (χ2v) is 5.42. The summed E-state index contributed by atoms with van der Waals surface area (Å²) < 4.78 is 5.15. The number of hydrogen-bond acceptors (Lipinski definition) is 3. The third-order valence-electron chi connectivity index (χ3n) is 2.92. The van der Waals surface area contributed by atoms with Crippen LogP contribution in [0.3, 0.4) is 0 Å². The van der Waals surface area contributed by atoms with Crippen molar-refractivity contribution >= 4 is 22.9 Å². The first-order valence-electron chi connectivity index (χ1n) is 6.18. The molecule has 0 aliphatic carbocycles. The van der Waals surface area contributed by atoms with Crippen molar-refractivity contribution in [3.63, 3.8) is 0 Å². The number of benzene rings is 1. The van der Waals surface area contributed by atoms with Gasteiger partial charge in [-0.15, -0.1) is 11.3 Å². The first-order valence-corrected chi connectivity index (χ1v) is 7.00. The molecule has 0 spiro atoms. The zero-order chi connectivity index (χ0) is 13.8. The van der Waals surface area contributed by atoms with E-state index >= 15 is 0 Å². The molecule has 4 heteroatoms. The van der Waals surface area contributed by atoms with Crippen molar-refractivity contribution in [3.05, 3.63) is 45.6 Å². The van der Waals surface area contributed by atoms with Gasteiger partial charge in [-0.1, -0.05) is 6.92 Å². The van der Waals surface area contributed by atoms with Gasteiger partial charge in [0.2, 0.25) is 0 Å². The largest absolute Gasteiger partial charge is 0.497 e. The van der Waals surface area contributed by atoms with E-state index in [1.54, 1.807) is 7.11 Å². The van der Waals surface area contributed by atoms with Gasteiger partial charge in [-0.3, -0.25) is 4.79 Å². The highest BCUT2D eigenvalue weighted by Crippen LogP contribution is 2.23. The molecule has 1 heterocycles. The predicted octanol–water partition coefficient (Wildman–Crippen LogP) is 3.88. The van der Waals surface area contributed by atoms with Crippen LogP contribution in [0, 0.1) is 6.92 Å². The molecule has 2 rings (SSSR count). The van der Waals surface area contributed by atoms with E-state index in [0.717, 1.165) is 28.3 Å². The van der Waals surface area contributed by atoms with Crippen LogP contribution in [0.5, 0.6) is 5.75 Å². The SMILES string of the molecule is CCc1ccc(C(=O)Nc2ccc(OC)cc2C)s1. The number of rotatable bonds is 4. The number of carbonyl (C=O) groups is 1. The minimum atomic E-state index is -0.0574. The Morgan fingerprint density at radius 2 is 2.11 bits per heavy atom. The Hall–Kier alpha value is -1.81. The number of methoxy groups -OCH3 is 1. The number of anilines is 1. The van der Waals surface area contributed by atoms with E-state index in [0.29, 0.717) is 0 Å². The van der Waals surface area contributed by atoms with Crippen LogP contribution in [0.1, 0.15) is 27.0 Å². The lowest BCUT2D eigenvalue weighted by molar-refractivity contribution is 0.103. The summed E-state index contributed by atoms with van der Waals surface area (Å²) in [6, 6.07) is 9.48. The Bertz CT molecular complexity index is 590. The number of hydrogen-bond donors (Lipinski definition) is 1. The van der Waals surface area contributed by atoms with Gasteiger partial charge in [0.25, 0.3) is 5.91 Å². The van der Waals surface area contributed by atoms with Crippen LogP contribution in [-0.2, 0) is 6.42 Å². The van der Waals surface area contributed by atoms with Crippen LogP contribution in [0.4, 0.5) is 5.69 Å². The normalized spacial score (nSPS) is 10.3. The van der Waals surface area contributed by atoms with Crippen molar-refractivity contribution in [1.29, 1.82) is 0 Å². The fourth-order valence-electron chi connectivity index (χ4n) is 1.78. The molecule has 1 aromatic heterocycles. The Kier molecular flexibility index (Phi) is 4.22. The molecule has 0 aliphatic heterocycles. The van der Waals surface area contributed by atoms with E-state index < -0.39 is 0 Å². The van der Waals surface area contributed by atoms with Crippen molar-refractivity contribution in [2.75, 3.05) is 12.4 Å². The molecule has 3 nitrogen and oxygen atoms in total. The van der Waals surface area contributed by atoms with Gasteiger partial charge in [-0.05, 0) is 49.2 Å². The van der Waals surface area contributed by atoms with E-state index in [1.807, 2.05) is 37.3 Å². The molecule has 1 N–H and O–H groups in total. The summed E-state index contributed by atoms with van der Waals surface area (Å²) in [5.74, 6) is 0.734. The number of nitrogens with one attached hydrogen (secondary N) is 1. The van der Waals surface area contributed by atoms with Crippen LogP contribution >= 0.6 is 11.3 Å². The summed E-state index contributed by atoms with van der Waals surface area (Å²) in [4.78, 5) is 14.1. The zero-order valence-electron chi connectivity index (χ0n) is 11.3. The van der Waals surface area contributed by atoms with Gasteiger partial charge in [-0.2, -0.15) is 0 Å². The average Bonchev–Trinajstić information content (AvgIpc) is 2.90. The molecule has 0 saturated heterocycles. The first kappa shape index (κ1) is 13.6. The molecular formula is C15H17NO2S. The number of thiophene rings is 1. The fraction of sp³-hybridized carbons (Fsp3) is 0.267. The summed E-state index contributed by atoms with van der Waals surface area (Å²) in [6.45, 7) is 4.03. The van der Waals surface area contributed by atoms with E-state index in [4.69, 9.17) is 4.74 Å². The minimum absolute atomic E-state index is 0.0574. The van der Waals surface area contributed by atoms with E-state index in [9.17, 15) is 4.79 Å². The highest BCUT2D eigenvalue weighted by atomic mass is 32.1. The monoisotopic (exact) mass is 275 g/mol. The molecule has 1 aromatic carbocycles. The average molecular weight is 275 g/mol. The van der Waals surface area contributed by atoms with Crippen molar-refractivity contribution in [1.82, 2.24) is 0 Å². The maximum absolute atomic E-state index is 12.1. The lowest BCUT2D eigenvalue weighted by atomic mass is 10.2. The van der Waals surface area contributed by atoms with Gasteiger partial charge in [-0.25, -0.2) is 0 Å². The van der Waals surface area contributed by atoms with Crippen molar-refractivity contribution in [2.45, 2.75) is 20.3 Å². The smallest absolute Gasteiger partial charge is 0.265 e. The van der Waals surface area contributed by atoms with Crippen molar-refractivity contribution < 1.29 is 9.53 Å². The summed E-state index contributed by atoms with van der Waals surface area (Å²) >= 11 is 1.54. The zero-order valence-corrected chi connectivity index (χ0v) is 12.1. The van der Waals surface area contributed by atoms with E-state index in [-0.39, 0.29) is 5.91 Å². The summed E-state index contributed by atoms with van der Waals surface area (Å²) in [5, 5.41) is 2.93. The highest BCUT2D eigenvalue weighted by Gasteiger charge is 2.10. The van der Waals surface area contributed by atoms with Gasteiger partial charge in [0, 0.05) is 10.6 Å². The van der Waals surface area contributed by atoms with E-state index in [2.05, 4.69) is 12.2 Å². The molecule has 0 saturated carbocycles. The molecule has 0 bridgehead atoms. The second kappa shape index (κ2) is 5.89. The molecule has 0 aliphatic rings. The van der Waals surface area contributed by atoms with E-state index in [1.165, 1.54) is 16.2 Å². The van der Waals surface area contributed by atoms with Crippen LogP contribution in [0.15, 0.2) is 30.3 Å². The van der Waals surface area contributed by atoms with Crippen molar-refractivity contribution in [2.24, 2.45) is 0 Å². The maximum atomic E-state index is 12.1. The van der Waals surface area contributed by atoms with Crippen molar-refractivity contribution in [3.8, 4) is 5.75 Å². The molecule has 0 unspecified atom stereocenters. The van der Waals surface area contributed by atoms with Crippen LogP contribution in [-0.4, -0.2) is 13.0 Å². The number of aryl methyl sites for hydroxylation is 2. The molecule has 0 radical (unpaired) electrons. The Labute approximate surface area is 117 Å². The molecule has 19 heavy (non-hydrogen) atoms.